The number of rotatable bonds is 5. The number of amides is 2. The Hall–Kier alpha value is -3.47. The molecule has 2 aromatic carbocycles. The van der Waals surface area contributed by atoms with Gasteiger partial charge in [0.2, 0.25) is 0 Å². The molecule has 162 valence electrons. The molecule has 0 radical (unpaired) electrons. The summed E-state index contributed by atoms with van der Waals surface area (Å²) in [5, 5.41) is 1.64. The summed E-state index contributed by atoms with van der Waals surface area (Å²) in [5.41, 5.74) is -1.34. The number of nitrogens with one attached hydrogen (secondary N) is 1. The standard InChI is InChI=1S/C20H14F3NO6S/c1-28-15-7-10(8-16-17(25)24-19(27)31-16)3-6-14(15)30-11-4-5-12(18(26)29-2)13(9-11)20(21,22)23/h3-9H,1-2H3,(H,24,25,27). The number of methoxy groups -OCH3 is 2. The minimum atomic E-state index is -4.81. The average Bonchev–Trinajstić information content (AvgIpc) is 3.04. The first-order valence-electron chi connectivity index (χ1n) is 8.52. The number of ether oxygens (including phenoxy) is 3. The molecule has 0 unspecified atom stereocenters. The maximum Gasteiger partial charge on any atom is 0.417 e. The molecule has 1 heterocycles. The van der Waals surface area contributed by atoms with Crippen LogP contribution in [-0.2, 0) is 15.7 Å². The van der Waals surface area contributed by atoms with Crippen molar-refractivity contribution in [1.82, 2.24) is 5.32 Å². The summed E-state index contributed by atoms with van der Waals surface area (Å²) in [6.07, 6.45) is -3.34. The van der Waals surface area contributed by atoms with E-state index in [1.54, 1.807) is 0 Å². The van der Waals surface area contributed by atoms with Gasteiger partial charge in [0.05, 0.1) is 30.3 Å². The monoisotopic (exact) mass is 453 g/mol. The van der Waals surface area contributed by atoms with E-state index in [-0.39, 0.29) is 22.2 Å². The SMILES string of the molecule is COC(=O)c1ccc(Oc2ccc(C=C3SC(=O)NC3=O)cc2OC)cc1C(F)(F)F. The molecule has 0 bridgehead atoms. The van der Waals surface area contributed by atoms with Crippen LogP contribution < -0.4 is 14.8 Å². The number of benzene rings is 2. The van der Waals surface area contributed by atoms with Gasteiger partial charge in [-0.15, -0.1) is 0 Å². The van der Waals surface area contributed by atoms with Gasteiger partial charge in [0.1, 0.15) is 5.75 Å². The van der Waals surface area contributed by atoms with Gasteiger partial charge in [-0.2, -0.15) is 13.2 Å². The predicted molar refractivity (Wildman–Crippen MR) is 105 cm³/mol. The molecule has 0 aliphatic carbocycles. The van der Waals surface area contributed by atoms with Crippen molar-refractivity contribution < 1.29 is 41.8 Å². The number of halogens is 3. The molecule has 0 atom stereocenters. The van der Waals surface area contributed by atoms with Gasteiger partial charge in [-0.05, 0) is 53.7 Å². The molecule has 1 saturated heterocycles. The van der Waals surface area contributed by atoms with Crippen LogP contribution in [-0.4, -0.2) is 31.3 Å². The van der Waals surface area contributed by atoms with Crippen molar-refractivity contribution in [3.63, 3.8) is 0 Å². The van der Waals surface area contributed by atoms with Crippen LogP contribution in [0.4, 0.5) is 18.0 Å². The predicted octanol–water partition coefficient (Wildman–Crippen LogP) is 4.62. The second-order valence-corrected chi connectivity index (χ2v) is 7.08. The summed E-state index contributed by atoms with van der Waals surface area (Å²) in [4.78, 5) is 34.7. The molecule has 7 nitrogen and oxygen atoms in total. The molecule has 0 spiro atoms. The number of hydrogen-bond donors (Lipinski definition) is 1. The van der Waals surface area contributed by atoms with E-state index < -0.39 is 34.4 Å². The number of carbonyl (C=O) groups is 3. The largest absolute Gasteiger partial charge is 0.493 e. The molecule has 0 saturated carbocycles. The molecule has 3 rings (SSSR count). The zero-order valence-corrected chi connectivity index (χ0v) is 16.8. The fraction of sp³-hybridized carbons (Fsp3) is 0.150. The summed E-state index contributed by atoms with van der Waals surface area (Å²) < 4.78 is 55.2. The molecule has 1 N–H and O–H groups in total. The highest BCUT2D eigenvalue weighted by Gasteiger charge is 2.36. The van der Waals surface area contributed by atoms with E-state index in [2.05, 4.69) is 10.1 Å². The molecule has 1 aliphatic heterocycles. The zero-order valence-electron chi connectivity index (χ0n) is 16.0. The highest BCUT2D eigenvalue weighted by molar-refractivity contribution is 8.18. The normalized spacial score (nSPS) is 15.1. The number of alkyl halides is 3. The lowest BCUT2D eigenvalue weighted by atomic mass is 10.1. The molecule has 11 heteroatoms. The van der Waals surface area contributed by atoms with Crippen LogP contribution in [0.25, 0.3) is 6.08 Å². The van der Waals surface area contributed by atoms with E-state index in [4.69, 9.17) is 9.47 Å². The Labute approximate surface area is 178 Å². The summed E-state index contributed by atoms with van der Waals surface area (Å²) in [6.45, 7) is 0. The van der Waals surface area contributed by atoms with Crippen molar-refractivity contribution in [2.75, 3.05) is 14.2 Å². The molecule has 2 amide bonds. The number of hydrogen-bond acceptors (Lipinski definition) is 7. The average molecular weight is 453 g/mol. The Kier molecular flexibility index (Phi) is 6.25. The smallest absolute Gasteiger partial charge is 0.417 e. The summed E-state index contributed by atoms with van der Waals surface area (Å²) in [5.74, 6) is -1.56. The Bertz CT molecular complexity index is 1100. The molecule has 2 aromatic rings. The van der Waals surface area contributed by atoms with Crippen molar-refractivity contribution in [2.24, 2.45) is 0 Å². The number of carbonyl (C=O) groups excluding carboxylic acids is 3. The second-order valence-electron chi connectivity index (χ2n) is 6.06. The summed E-state index contributed by atoms with van der Waals surface area (Å²) in [7, 11) is 2.32. The van der Waals surface area contributed by atoms with Crippen molar-refractivity contribution in [3.05, 3.63) is 58.0 Å². The lowest BCUT2D eigenvalue weighted by Crippen LogP contribution is -2.17. The van der Waals surface area contributed by atoms with Crippen LogP contribution in [0.3, 0.4) is 0 Å². The van der Waals surface area contributed by atoms with E-state index in [9.17, 15) is 27.6 Å². The van der Waals surface area contributed by atoms with Gasteiger partial charge in [0.25, 0.3) is 11.1 Å². The molecule has 31 heavy (non-hydrogen) atoms. The number of esters is 1. The molecule has 1 fully saturated rings. The Morgan fingerprint density at radius 2 is 1.81 bits per heavy atom. The lowest BCUT2D eigenvalue weighted by Gasteiger charge is -2.15. The van der Waals surface area contributed by atoms with Gasteiger partial charge in [-0.25, -0.2) is 4.79 Å². The van der Waals surface area contributed by atoms with Crippen LogP contribution >= 0.6 is 11.8 Å². The van der Waals surface area contributed by atoms with Crippen LogP contribution in [0, 0.1) is 0 Å². The third kappa shape index (κ3) is 5.00. The Morgan fingerprint density at radius 1 is 1.06 bits per heavy atom. The van der Waals surface area contributed by atoms with Crippen LogP contribution in [0.2, 0.25) is 0 Å². The van der Waals surface area contributed by atoms with E-state index in [1.807, 2.05) is 0 Å². The lowest BCUT2D eigenvalue weighted by molar-refractivity contribution is -0.138. The highest BCUT2D eigenvalue weighted by atomic mass is 32.2. The maximum atomic E-state index is 13.4. The van der Waals surface area contributed by atoms with E-state index >= 15 is 0 Å². The quantitative estimate of drug-likeness (QED) is 0.522. The third-order valence-electron chi connectivity index (χ3n) is 4.06. The van der Waals surface area contributed by atoms with Gasteiger partial charge in [0.15, 0.2) is 11.5 Å². The zero-order chi connectivity index (χ0) is 22.8. The topological polar surface area (TPSA) is 90.9 Å². The maximum absolute atomic E-state index is 13.4. The van der Waals surface area contributed by atoms with Gasteiger partial charge in [-0.1, -0.05) is 6.07 Å². The first kappa shape index (κ1) is 22.2. The fourth-order valence-electron chi connectivity index (χ4n) is 2.67. The van der Waals surface area contributed by atoms with E-state index in [0.29, 0.717) is 11.6 Å². The first-order valence-corrected chi connectivity index (χ1v) is 9.34. The third-order valence-corrected chi connectivity index (χ3v) is 4.87. The van der Waals surface area contributed by atoms with Crippen molar-refractivity contribution in [1.29, 1.82) is 0 Å². The first-order chi connectivity index (χ1) is 14.6. The summed E-state index contributed by atoms with van der Waals surface area (Å²) >= 11 is 0.743. The van der Waals surface area contributed by atoms with Gasteiger partial charge >= 0.3 is 12.1 Å². The molecule has 0 aromatic heterocycles. The molecular weight excluding hydrogens is 439 g/mol. The van der Waals surface area contributed by atoms with E-state index in [1.165, 1.54) is 37.5 Å². The number of thioether (sulfide) groups is 1. The van der Waals surface area contributed by atoms with Gasteiger partial charge in [-0.3, -0.25) is 14.9 Å². The molecule has 1 aliphatic rings. The minimum absolute atomic E-state index is 0.100. The van der Waals surface area contributed by atoms with Crippen LogP contribution in [0.15, 0.2) is 41.3 Å². The second kappa shape index (κ2) is 8.72. The highest BCUT2D eigenvalue weighted by Crippen LogP contribution is 2.38. The number of imide groups is 1. The fourth-order valence-corrected chi connectivity index (χ4v) is 3.35. The van der Waals surface area contributed by atoms with Crippen molar-refractivity contribution >= 4 is 35.0 Å². The van der Waals surface area contributed by atoms with Crippen LogP contribution in [0.1, 0.15) is 21.5 Å². The molecular formula is C20H14F3NO6S. The Balaban J connectivity index is 1.92. The van der Waals surface area contributed by atoms with E-state index in [0.717, 1.165) is 24.9 Å². The Morgan fingerprint density at radius 3 is 2.39 bits per heavy atom. The van der Waals surface area contributed by atoms with Crippen molar-refractivity contribution in [3.8, 4) is 17.2 Å². The summed E-state index contributed by atoms with van der Waals surface area (Å²) in [6, 6.07) is 7.31. The van der Waals surface area contributed by atoms with Gasteiger partial charge < -0.3 is 14.2 Å². The van der Waals surface area contributed by atoms with Gasteiger partial charge in [0, 0.05) is 0 Å². The van der Waals surface area contributed by atoms with Crippen molar-refractivity contribution in [2.45, 2.75) is 6.18 Å². The minimum Gasteiger partial charge on any atom is -0.493 e. The van der Waals surface area contributed by atoms with Crippen LogP contribution in [0.5, 0.6) is 17.2 Å².